The van der Waals surface area contributed by atoms with Crippen molar-refractivity contribution in [1.29, 1.82) is 0 Å². The summed E-state index contributed by atoms with van der Waals surface area (Å²) in [6, 6.07) is 23.0. The number of thioether (sulfide) groups is 1. The second-order valence-electron chi connectivity index (χ2n) is 33.0. The van der Waals surface area contributed by atoms with Gasteiger partial charge < -0.3 is 115 Å². The Morgan fingerprint density at radius 1 is 0.409 bits per heavy atom. The largest absolute Gasteiger partial charge is 0.508 e. The van der Waals surface area contributed by atoms with Gasteiger partial charge in [-0.1, -0.05) is 157 Å². The summed E-state index contributed by atoms with van der Waals surface area (Å²) in [6.07, 6.45) is -0.316. The van der Waals surface area contributed by atoms with Crippen molar-refractivity contribution in [3.05, 3.63) is 197 Å². The first kappa shape index (κ1) is 103. The van der Waals surface area contributed by atoms with Crippen LogP contribution in [-0.4, -0.2) is 260 Å². The molecule has 40 heteroatoms. The number of H-pyrrole nitrogens is 1. The van der Waals surface area contributed by atoms with Crippen LogP contribution in [0.25, 0.3) is 10.9 Å². The molecule has 132 heavy (non-hydrogen) atoms. The van der Waals surface area contributed by atoms with Crippen LogP contribution in [0.4, 0.5) is 0 Å². The van der Waals surface area contributed by atoms with E-state index in [9.17, 15) is 73.2 Å². The highest BCUT2D eigenvalue weighted by atomic mass is 32.2. The maximum atomic E-state index is 15.7. The van der Waals surface area contributed by atoms with E-state index in [4.69, 9.17) is 5.11 Å². The van der Waals surface area contributed by atoms with E-state index in [2.05, 4.69) is 84.7 Å². The number of phenols is 3. The van der Waals surface area contributed by atoms with Gasteiger partial charge in [-0.15, -0.1) is 11.8 Å². The number of aliphatic carboxylic acids is 1. The van der Waals surface area contributed by atoms with E-state index in [1.165, 1.54) is 79.8 Å². The molecule has 6 aromatic carbocycles. The Morgan fingerprint density at radius 3 is 1.30 bits per heavy atom. The lowest BCUT2D eigenvalue weighted by atomic mass is 9.98. The molecule has 1 aliphatic rings. The summed E-state index contributed by atoms with van der Waals surface area (Å²) >= 11 is 0.751. The van der Waals surface area contributed by atoms with Crippen molar-refractivity contribution < 1.29 is 107 Å². The van der Waals surface area contributed by atoms with Crippen molar-refractivity contribution in [3.63, 3.8) is 0 Å². The monoisotopic (exact) mass is 1840 g/mol. The fraction of sp³-hybridized carbons (Fsp3) is 0.402. The Morgan fingerprint density at radius 2 is 0.803 bits per heavy atom. The van der Waals surface area contributed by atoms with E-state index in [0.717, 1.165) is 16.7 Å². The lowest BCUT2D eigenvalue weighted by Crippen LogP contribution is -2.61. The third kappa shape index (κ3) is 33.6. The molecule has 0 spiro atoms. The second kappa shape index (κ2) is 51.1. The minimum Gasteiger partial charge on any atom is -0.508 e. The van der Waals surface area contributed by atoms with Gasteiger partial charge >= 0.3 is 5.97 Å². The number of nitrogens with zero attached hydrogens (tertiary/aromatic N) is 1. The van der Waals surface area contributed by atoms with E-state index in [0.29, 0.717) is 44.3 Å². The van der Waals surface area contributed by atoms with Crippen LogP contribution in [0.15, 0.2) is 164 Å². The number of aromatic hydroxyl groups is 3. The Bertz CT molecular complexity index is 5180. The number of fused-ring (bicyclic) bond motifs is 1. The number of carbonyl (C=O) groups excluding carboxylic acids is 16. The minimum atomic E-state index is -1.85. The quantitative estimate of drug-likeness (QED) is 0.0290. The number of rotatable bonds is 27. The first-order valence-corrected chi connectivity index (χ1v) is 44.1. The summed E-state index contributed by atoms with van der Waals surface area (Å²) in [5.74, 6) is -19.8. The molecule has 21 N–H and O–H groups in total. The number of para-hydroxylation sites is 1. The fourth-order valence-electron chi connectivity index (χ4n) is 14.2. The van der Waals surface area contributed by atoms with Crippen molar-refractivity contribution in [2.75, 3.05) is 57.9 Å². The molecule has 0 unspecified atom stereocenters. The average molecular weight is 1840 g/mol. The molecular formula is C92H115N17O22S. The van der Waals surface area contributed by atoms with Gasteiger partial charge in [-0.2, -0.15) is 0 Å². The Labute approximate surface area is 765 Å². The van der Waals surface area contributed by atoms with E-state index in [1.54, 1.807) is 133 Å². The van der Waals surface area contributed by atoms with E-state index in [1.807, 2.05) is 0 Å². The highest BCUT2D eigenvalue weighted by Gasteiger charge is 2.40. The summed E-state index contributed by atoms with van der Waals surface area (Å²) in [5.41, 5.74) is 3.26. The highest BCUT2D eigenvalue weighted by molar-refractivity contribution is 8.00. The molecule has 706 valence electrons. The van der Waals surface area contributed by atoms with Crippen LogP contribution in [0.3, 0.4) is 0 Å². The van der Waals surface area contributed by atoms with Crippen molar-refractivity contribution in [3.8, 4) is 17.2 Å². The van der Waals surface area contributed by atoms with Gasteiger partial charge in [0, 0.05) is 68.4 Å². The number of aromatic amines is 1. The maximum absolute atomic E-state index is 15.7. The number of likely N-dealkylation sites (N-methyl/N-ethyl adjacent to an activating group) is 1. The van der Waals surface area contributed by atoms with Gasteiger partial charge in [0.2, 0.25) is 94.5 Å². The lowest BCUT2D eigenvalue weighted by Gasteiger charge is -2.33. The highest BCUT2D eigenvalue weighted by Crippen LogP contribution is 2.23. The lowest BCUT2D eigenvalue weighted by molar-refractivity contribution is -0.143. The molecule has 1 saturated heterocycles. The smallest absolute Gasteiger partial charge is 0.322 e. The summed E-state index contributed by atoms with van der Waals surface area (Å²) in [6.45, 7) is 5.07. The minimum absolute atomic E-state index is 0.0762. The van der Waals surface area contributed by atoms with Crippen molar-refractivity contribution in [2.24, 2.45) is 17.8 Å². The van der Waals surface area contributed by atoms with E-state index >= 15 is 28.8 Å². The summed E-state index contributed by atoms with van der Waals surface area (Å²) in [4.78, 5) is 248. The van der Waals surface area contributed by atoms with Gasteiger partial charge in [0.05, 0.1) is 38.5 Å². The molecule has 1 aromatic heterocycles. The van der Waals surface area contributed by atoms with Crippen LogP contribution in [-0.2, 0) is 120 Å². The van der Waals surface area contributed by atoms with Gasteiger partial charge in [-0.25, -0.2) is 0 Å². The number of nitrogens with one attached hydrogen (secondary N) is 16. The van der Waals surface area contributed by atoms with Crippen LogP contribution in [0.5, 0.6) is 17.2 Å². The van der Waals surface area contributed by atoms with Crippen molar-refractivity contribution in [2.45, 2.75) is 159 Å². The number of amides is 16. The molecular weight excluding hydrogens is 1730 g/mol. The standard InChI is InChI=1S/C92H115N17O22S/c1-51(2)34-65-84(123)107-73(83(122)97-45-77(116)95-43-75(114)94-44-76(115)96-47-80(119)120)49-132-50-79(118)100-67(36-54-16-10-8-11-17-54)85(124)102-68(37-56-22-28-60(111)29-23-56)86(125)101-66(35-52(3)4)89(128)108-81(53(5)6)91(130)104-69(38-57-24-30-61(112)31-25-57)87(126)106-72(48-110)82(121)98-46-78(117)99-70(41-59-42-93-64-21-15-14-20-63(59)64)88(127)105-71(39-58-26-32-62(113)33-27-58)92(131)109(7)74(90(129)103-65)40-55-18-12-9-13-19-55/h8-33,42,51-53,65-74,81,93,110-113H,34-41,43-50H2,1-7H3,(H,94,114)(H,95,116)(H,96,115)(H,97,122)(H,98,121)(H,99,117)(H,100,118)(H,101,125)(H,102,124)(H,103,129)(H,104,130)(H,105,127)(H,106,126)(H,107,123)(H,108,128)(H,119,120)/t65-,66-,67-,68-,69-,70-,71-,72-,73-,74-,81-/m0/s1. The summed E-state index contributed by atoms with van der Waals surface area (Å²) in [7, 11) is 1.28. The number of carboxylic acids is 1. The van der Waals surface area contributed by atoms with Gasteiger partial charge in [0.1, 0.15) is 90.3 Å². The number of carboxylic acid groups (broad SMARTS) is 1. The maximum Gasteiger partial charge on any atom is 0.322 e. The van der Waals surface area contributed by atoms with Crippen LogP contribution in [0, 0.1) is 17.8 Å². The zero-order chi connectivity index (χ0) is 96.3. The van der Waals surface area contributed by atoms with E-state index < -0.39 is 230 Å². The average Bonchev–Trinajstić information content (AvgIpc) is 1.62. The van der Waals surface area contributed by atoms with Crippen LogP contribution in [0.1, 0.15) is 87.8 Å². The molecule has 0 aliphatic carbocycles. The van der Waals surface area contributed by atoms with Crippen molar-refractivity contribution in [1.82, 2.24) is 89.6 Å². The molecule has 1 aliphatic heterocycles. The van der Waals surface area contributed by atoms with Gasteiger partial charge in [-0.3, -0.25) is 81.5 Å². The number of aliphatic hydroxyl groups excluding tert-OH is 1. The molecule has 39 nitrogen and oxygen atoms in total. The molecule has 7 aromatic rings. The SMILES string of the molecule is CC(C)C[C@@H]1NC(=O)[C@H](Cc2ccc(O)cc2)NC(=O)[C@H](Cc2ccccc2)NC(=O)CSC[C@@H](C(=O)NCC(=O)NCC(=O)NCC(=O)NCC(=O)O)NC(=O)[C@H](CC(C)C)NC(=O)[C@H](Cc2ccccc2)N(C)C(=O)[C@H](Cc2ccc(O)cc2)NC(=O)[C@H](Cc2c[nH]c3ccccc23)NC(=O)CNC(=O)[C@H](CO)NC(=O)[C@H](Cc2ccc(O)cc2)NC(=O)[C@H](C(C)C)NC1=O. The molecule has 0 saturated carbocycles. The topological polar surface area (TPSA) is 591 Å². The number of aromatic nitrogens is 1. The van der Waals surface area contributed by atoms with Crippen molar-refractivity contribution >= 4 is 123 Å². The number of hydrogen-bond acceptors (Lipinski definition) is 22. The van der Waals surface area contributed by atoms with Crippen LogP contribution in [0.2, 0.25) is 0 Å². The number of hydrogen-bond donors (Lipinski definition) is 21. The third-order valence-electron chi connectivity index (χ3n) is 21.2. The summed E-state index contributed by atoms with van der Waals surface area (Å²) in [5, 5.41) is 89.5. The second-order valence-corrected chi connectivity index (χ2v) is 34.1. The predicted molar refractivity (Wildman–Crippen MR) is 484 cm³/mol. The molecule has 8 rings (SSSR count). The van der Waals surface area contributed by atoms with Crippen LogP contribution < -0.4 is 79.8 Å². The number of aliphatic hydroxyl groups is 1. The fourth-order valence-corrected chi connectivity index (χ4v) is 15.0. The molecule has 16 amide bonds. The van der Waals surface area contributed by atoms with E-state index in [-0.39, 0.29) is 74.5 Å². The number of phenolic OH excluding ortho intramolecular Hbond substituents is 3. The molecule has 0 radical (unpaired) electrons. The van der Waals surface area contributed by atoms with Gasteiger partial charge in [0.25, 0.3) is 0 Å². The number of carbonyl (C=O) groups is 17. The summed E-state index contributed by atoms with van der Waals surface area (Å²) < 4.78 is 0. The Balaban J connectivity index is 1.20. The molecule has 11 atom stereocenters. The first-order valence-electron chi connectivity index (χ1n) is 42.9. The van der Waals surface area contributed by atoms with Crippen LogP contribution >= 0.6 is 11.8 Å². The first-order chi connectivity index (χ1) is 62.9. The predicted octanol–water partition coefficient (Wildman–Crippen LogP) is -1.13. The number of benzene rings is 6. The Kier molecular flexibility index (Phi) is 39.8. The van der Waals surface area contributed by atoms with Gasteiger partial charge in [-0.05, 0) is 106 Å². The zero-order valence-electron chi connectivity index (χ0n) is 74.0. The molecule has 1 fully saturated rings. The van der Waals surface area contributed by atoms with Gasteiger partial charge in [0.15, 0.2) is 0 Å². The molecule has 0 bridgehead atoms. The normalized spacial score (nSPS) is 21.0. The Hall–Kier alpha value is -14.4. The zero-order valence-corrected chi connectivity index (χ0v) is 74.8. The molecule has 2 heterocycles. The third-order valence-corrected chi connectivity index (χ3v) is 22.2.